The quantitative estimate of drug-likeness (QED) is 0.658. The molecule has 0 atom stereocenters. The number of amides is 1. The fraction of sp³-hybridized carbons (Fsp3) is 0.235. The van der Waals surface area contributed by atoms with Crippen molar-refractivity contribution < 1.29 is 22.4 Å². The summed E-state index contributed by atoms with van der Waals surface area (Å²) < 4.78 is 53.8. The molecule has 0 saturated carbocycles. The highest BCUT2D eigenvalue weighted by atomic mass is 32.1. The number of nitrogens with one attached hydrogen (secondary N) is 1. The van der Waals surface area contributed by atoms with Crippen LogP contribution in [0.5, 0.6) is 0 Å². The van der Waals surface area contributed by atoms with Crippen LogP contribution in [0.1, 0.15) is 26.1 Å². The lowest BCUT2D eigenvalue weighted by molar-refractivity contribution is -0.141. The lowest BCUT2D eigenvalue weighted by Crippen LogP contribution is -2.11. The fourth-order valence-corrected chi connectivity index (χ4v) is 3.40. The van der Waals surface area contributed by atoms with E-state index in [1.165, 1.54) is 30.5 Å². The number of hydrogen-bond acceptors (Lipinski definition) is 4. The van der Waals surface area contributed by atoms with E-state index < -0.39 is 23.6 Å². The van der Waals surface area contributed by atoms with Crippen LogP contribution in [0, 0.1) is 19.7 Å². The van der Waals surface area contributed by atoms with Crippen molar-refractivity contribution >= 4 is 22.9 Å². The predicted octanol–water partition coefficient (Wildman–Crippen LogP) is 4.57. The van der Waals surface area contributed by atoms with Gasteiger partial charge >= 0.3 is 6.18 Å². The zero-order chi connectivity index (χ0) is 19.9. The van der Waals surface area contributed by atoms with Crippen molar-refractivity contribution in [3.05, 3.63) is 51.4 Å². The Morgan fingerprint density at radius 3 is 2.44 bits per heavy atom. The molecule has 0 fully saturated rings. The van der Waals surface area contributed by atoms with Crippen molar-refractivity contribution in [3.63, 3.8) is 0 Å². The predicted molar refractivity (Wildman–Crippen MR) is 93.1 cm³/mol. The normalized spacial score (nSPS) is 11.7. The summed E-state index contributed by atoms with van der Waals surface area (Å²) in [6.07, 6.45) is -4.62. The van der Waals surface area contributed by atoms with Gasteiger partial charge in [-0.15, -0.1) is 11.3 Å². The van der Waals surface area contributed by atoms with Crippen LogP contribution in [-0.4, -0.2) is 20.7 Å². The highest BCUT2D eigenvalue weighted by molar-refractivity contribution is 7.13. The van der Waals surface area contributed by atoms with E-state index >= 15 is 0 Å². The first-order chi connectivity index (χ1) is 12.6. The maximum Gasteiger partial charge on any atom is 0.435 e. The second-order valence-electron chi connectivity index (χ2n) is 5.83. The van der Waals surface area contributed by atoms with Gasteiger partial charge in [0.15, 0.2) is 5.69 Å². The van der Waals surface area contributed by atoms with Gasteiger partial charge in [0.05, 0.1) is 16.4 Å². The third kappa shape index (κ3) is 3.85. The molecule has 0 aliphatic rings. The van der Waals surface area contributed by atoms with Crippen molar-refractivity contribution in [2.45, 2.75) is 20.0 Å². The molecule has 142 valence electrons. The smallest absolute Gasteiger partial charge is 0.321 e. The first-order valence-electron chi connectivity index (χ1n) is 7.73. The number of nitrogens with zero attached hydrogens (tertiary/aromatic N) is 3. The van der Waals surface area contributed by atoms with E-state index in [1.54, 1.807) is 13.8 Å². The number of carbonyl (C=O) groups excluding carboxylic acids is 1. The number of alkyl halides is 3. The van der Waals surface area contributed by atoms with Crippen LogP contribution in [0.3, 0.4) is 0 Å². The summed E-state index contributed by atoms with van der Waals surface area (Å²) in [7, 11) is 1.30. The van der Waals surface area contributed by atoms with Gasteiger partial charge in [0, 0.05) is 18.3 Å². The van der Waals surface area contributed by atoms with Crippen molar-refractivity contribution in [2.75, 3.05) is 5.32 Å². The maximum atomic E-state index is 14.5. The van der Waals surface area contributed by atoms with Crippen LogP contribution in [0.2, 0.25) is 0 Å². The Labute approximate surface area is 155 Å². The first-order valence-corrected chi connectivity index (χ1v) is 8.54. The molecule has 10 heteroatoms. The van der Waals surface area contributed by atoms with Crippen LogP contribution in [0.15, 0.2) is 24.3 Å². The Morgan fingerprint density at radius 2 is 1.93 bits per heavy atom. The minimum absolute atomic E-state index is 0.0216. The Morgan fingerprint density at radius 1 is 1.22 bits per heavy atom. The highest BCUT2D eigenvalue weighted by Crippen LogP contribution is 2.33. The molecule has 1 amide bonds. The average molecular weight is 398 g/mol. The van der Waals surface area contributed by atoms with Gasteiger partial charge in [-0.25, -0.2) is 9.37 Å². The summed E-state index contributed by atoms with van der Waals surface area (Å²) >= 11 is 1.22. The summed E-state index contributed by atoms with van der Waals surface area (Å²) in [6, 6.07) is 4.55. The van der Waals surface area contributed by atoms with Gasteiger partial charge in [-0.1, -0.05) is 0 Å². The van der Waals surface area contributed by atoms with E-state index in [1.807, 2.05) is 0 Å². The summed E-state index contributed by atoms with van der Waals surface area (Å²) in [5, 5.41) is 6.67. The molecule has 1 N–H and O–H groups in total. The molecule has 3 rings (SSSR count). The van der Waals surface area contributed by atoms with Gasteiger partial charge in [0.2, 0.25) is 0 Å². The van der Waals surface area contributed by atoms with Crippen molar-refractivity contribution in [1.29, 1.82) is 0 Å². The van der Waals surface area contributed by atoms with Crippen LogP contribution < -0.4 is 5.32 Å². The number of anilines is 1. The van der Waals surface area contributed by atoms with Crippen LogP contribution in [0.4, 0.5) is 23.2 Å². The van der Waals surface area contributed by atoms with E-state index in [0.29, 0.717) is 10.6 Å². The Kier molecular flexibility index (Phi) is 4.77. The Bertz CT molecular complexity index is 1020. The van der Waals surface area contributed by atoms with Gasteiger partial charge in [0.1, 0.15) is 10.7 Å². The lowest BCUT2D eigenvalue weighted by Gasteiger charge is -2.08. The second-order valence-corrected chi connectivity index (χ2v) is 7.04. The van der Waals surface area contributed by atoms with E-state index in [0.717, 1.165) is 21.8 Å². The van der Waals surface area contributed by atoms with E-state index in [4.69, 9.17) is 0 Å². The number of benzene rings is 1. The van der Waals surface area contributed by atoms with Crippen molar-refractivity contribution in [1.82, 2.24) is 14.8 Å². The van der Waals surface area contributed by atoms with Crippen LogP contribution in [0.25, 0.3) is 11.3 Å². The number of rotatable bonds is 3. The molecule has 0 bridgehead atoms. The van der Waals surface area contributed by atoms with Crippen LogP contribution in [-0.2, 0) is 13.2 Å². The SMILES string of the molecule is Cc1nc(C)c(C(=O)Nc2ccc(-c3cc(C(F)(F)F)nn3C)c(F)c2)s1. The molecular weight excluding hydrogens is 384 g/mol. The molecule has 0 unspecified atom stereocenters. The molecule has 0 saturated heterocycles. The number of carbonyl (C=O) groups is 1. The molecule has 0 aliphatic carbocycles. The molecular formula is C17H14F4N4OS. The third-order valence-electron chi connectivity index (χ3n) is 3.78. The van der Waals surface area contributed by atoms with Gasteiger partial charge in [-0.05, 0) is 38.1 Å². The fourth-order valence-electron chi connectivity index (χ4n) is 2.59. The van der Waals surface area contributed by atoms with Gasteiger partial charge in [-0.2, -0.15) is 18.3 Å². The van der Waals surface area contributed by atoms with Gasteiger partial charge < -0.3 is 5.32 Å². The zero-order valence-electron chi connectivity index (χ0n) is 14.5. The highest BCUT2D eigenvalue weighted by Gasteiger charge is 2.35. The Hall–Kier alpha value is -2.75. The number of aryl methyl sites for hydroxylation is 3. The molecule has 5 nitrogen and oxygen atoms in total. The van der Waals surface area contributed by atoms with Crippen molar-refractivity contribution in [3.8, 4) is 11.3 Å². The number of aromatic nitrogens is 3. The average Bonchev–Trinajstić information content (AvgIpc) is 3.09. The van der Waals surface area contributed by atoms with Gasteiger partial charge in [-0.3, -0.25) is 9.48 Å². The van der Waals surface area contributed by atoms with E-state index in [9.17, 15) is 22.4 Å². The molecule has 0 aliphatic heterocycles. The third-order valence-corrected chi connectivity index (χ3v) is 4.85. The maximum absolute atomic E-state index is 14.5. The molecule has 3 aromatic rings. The first kappa shape index (κ1) is 19.0. The molecule has 27 heavy (non-hydrogen) atoms. The molecule has 2 aromatic heterocycles. The minimum atomic E-state index is -4.62. The second kappa shape index (κ2) is 6.76. The molecule has 1 aromatic carbocycles. The number of halogens is 4. The molecule has 2 heterocycles. The van der Waals surface area contributed by atoms with E-state index in [2.05, 4.69) is 15.4 Å². The lowest BCUT2D eigenvalue weighted by atomic mass is 10.1. The summed E-state index contributed by atoms with van der Waals surface area (Å²) in [4.78, 5) is 16.9. The summed E-state index contributed by atoms with van der Waals surface area (Å²) in [5.74, 6) is -1.20. The number of hydrogen-bond donors (Lipinski definition) is 1. The monoisotopic (exact) mass is 398 g/mol. The Balaban J connectivity index is 1.87. The standard InChI is InChI=1S/C17H14F4N4OS/c1-8-15(27-9(2)22-8)16(26)23-10-4-5-11(12(18)6-10)13-7-14(17(19,20)21)24-25(13)3/h4-7H,1-3H3,(H,23,26). The molecule has 0 radical (unpaired) electrons. The van der Waals surface area contributed by atoms with Crippen LogP contribution >= 0.6 is 11.3 Å². The summed E-state index contributed by atoms with van der Waals surface area (Å²) in [6.45, 7) is 3.47. The van der Waals surface area contributed by atoms with Crippen molar-refractivity contribution in [2.24, 2.45) is 7.05 Å². The minimum Gasteiger partial charge on any atom is -0.321 e. The summed E-state index contributed by atoms with van der Waals surface area (Å²) in [5.41, 5.74) is -0.422. The topological polar surface area (TPSA) is 59.8 Å². The number of thiazole rings is 1. The van der Waals surface area contributed by atoms with E-state index in [-0.39, 0.29) is 16.9 Å². The molecule has 0 spiro atoms. The largest absolute Gasteiger partial charge is 0.435 e. The van der Waals surface area contributed by atoms with Gasteiger partial charge in [0.25, 0.3) is 5.91 Å². The zero-order valence-corrected chi connectivity index (χ0v) is 15.3.